The summed E-state index contributed by atoms with van der Waals surface area (Å²) in [4.78, 5) is 0. The van der Waals surface area contributed by atoms with Crippen LogP contribution in [0.25, 0.3) is 6.08 Å². The van der Waals surface area contributed by atoms with Gasteiger partial charge in [-0.1, -0.05) is 97.2 Å². The highest BCUT2D eigenvalue weighted by atomic mass is 28.3. The summed E-state index contributed by atoms with van der Waals surface area (Å²) < 4.78 is 12.3. The Labute approximate surface area is 177 Å². The van der Waals surface area contributed by atoms with Gasteiger partial charge in [0.25, 0.3) is 0 Å². The molecular formula is C25H33BO2Si. The molecule has 2 aromatic rings. The monoisotopic (exact) mass is 404 g/mol. The summed E-state index contributed by atoms with van der Waals surface area (Å²) in [6.07, 6.45) is 4.36. The van der Waals surface area contributed by atoms with Crippen molar-refractivity contribution in [3.05, 3.63) is 83.6 Å². The number of hydrogen-bond donors (Lipinski definition) is 0. The Morgan fingerprint density at radius 2 is 1.48 bits per heavy atom. The molecule has 2 nitrogen and oxygen atoms in total. The van der Waals surface area contributed by atoms with Crippen molar-refractivity contribution in [2.45, 2.75) is 58.0 Å². The van der Waals surface area contributed by atoms with Crippen LogP contribution in [0.5, 0.6) is 0 Å². The number of allylic oxidation sites excluding steroid dienone is 2. The zero-order valence-corrected chi connectivity index (χ0v) is 19.7. The van der Waals surface area contributed by atoms with E-state index in [1.165, 1.54) is 10.8 Å². The van der Waals surface area contributed by atoms with Crippen LogP contribution in [0.4, 0.5) is 0 Å². The van der Waals surface area contributed by atoms with Crippen LogP contribution in [0, 0.1) is 0 Å². The topological polar surface area (TPSA) is 18.5 Å². The predicted molar refractivity (Wildman–Crippen MR) is 128 cm³/mol. The first-order valence-electron chi connectivity index (χ1n) is 10.4. The van der Waals surface area contributed by atoms with Crippen LogP contribution in [-0.2, 0) is 15.4 Å². The van der Waals surface area contributed by atoms with Crippen molar-refractivity contribution in [3.8, 4) is 0 Å². The van der Waals surface area contributed by atoms with Crippen molar-refractivity contribution in [1.82, 2.24) is 0 Å². The summed E-state index contributed by atoms with van der Waals surface area (Å²) >= 11 is 0. The van der Waals surface area contributed by atoms with Crippen molar-refractivity contribution in [2.75, 3.05) is 0 Å². The van der Waals surface area contributed by atoms with Gasteiger partial charge in [-0.3, -0.25) is 0 Å². The highest BCUT2D eigenvalue weighted by molar-refractivity contribution is 6.84. The number of hydrogen-bond acceptors (Lipinski definition) is 2. The van der Waals surface area contributed by atoms with Gasteiger partial charge in [-0.2, -0.15) is 0 Å². The molecule has 0 radical (unpaired) electrons. The van der Waals surface area contributed by atoms with E-state index in [4.69, 9.17) is 9.31 Å². The van der Waals surface area contributed by atoms with Gasteiger partial charge in [-0.05, 0) is 44.8 Å². The van der Waals surface area contributed by atoms with Gasteiger partial charge >= 0.3 is 7.12 Å². The molecule has 2 aromatic carbocycles. The van der Waals surface area contributed by atoms with E-state index in [9.17, 15) is 0 Å². The van der Waals surface area contributed by atoms with E-state index in [0.717, 1.165) is 17.1 Å². The average molecular weight is 404 g/mol. The first kappa shape index (κ1) is 21.8. The van der Waals surface area contributed by atoms with Crippen molar-refractivity contribution in [1.29, 1.82) is 0 Å². The molecule has 1 aliphatic heterocycles. The minimum absolute atomic E-state index is 0.315. The van der Waals surface area contributed by atoms with Crippen molar-refractivity contribution < 1.29 is 9.31 Å². The molecular weight excluding hydrogens is 371 g/mol. The molecule has 1 heterocycles. The minimum Gasteiger partial charge on any atom is -0.399 e. The molecule has 4 heteroatoms. The van der Waals surface area contributed by atoms with Crippen molar-refractivity contribution in [3.63, 3.8) is 0 Å². The van der Waals surface area contributed by atoms with E-state index >= 15 is 0 Å². The maximum absolute atomic E-state index is 6.14. The van der Waals surface area contributed by atoms with Crippen LogP contribution in [0.3, 0.4) is 0 Å². The third kappa shape index (κ3) is 5.00. The third-order valence-electron chi connectivity index (χ3n) is 6.30. The molecule has 0 aromatic heterocycles. The Bertz CT molecular complexity index is 867. The number of rotatable bonds is 6. The van der Waals surface area contributed by atoms with Gasteiger partial charge in [-0.15, -0.1) is 0 Å². The molecule has 0 amide bonds. The van der Waals surface area contributed by atoms with Crippen LogP contribution >= 0.6 is 0 Å². The normalized spacial score (nSPS) is 18.3. The zero-order chi connectivity index (χ0) is 21.3. The van der Waals surface area contributed by atoms with Gasteiger partial charge in [0.05, 0.1) is 19.3 Å². The van der Waals surface area contributed by atoms with E-state index in [1.807, 2.05) is 0 Å². The molecule has 0 saturated carbocycles. The largest absolute Gasteiger partial charge is 0.494 e. The highest BCUT2D eigenvalue weighted by Crippen LogP contribution is 2.36. The Hall–Kier alpha value is -1.88. The Morgan fingerprint density at radius 1 is 0.931 bits per heavy atom. The van der Waals surface area contributed by atoms with Crippen molar-refractivity contribution in [2.24, 2.45) is 0 Å². The first-order chi connectivity index (χ1) is 13.5. The molecule has 1 saturated heterocycles. The summed E-state index contributed by atoms with van der Waals surface area (Å²) in [6, 6.07) is 20.2. The maximum Gasteiger partial charge on any atom is 0.494 e. The fourth-order valence-electron chi connectivity index (χ4n) is 3.39. The van der Waals surface area contributed by atoms with Crippen LogP contribution in [-0.4, -0.2) is 26.4 Å². The highest BCUT2D eigenvalue weighted by Gasteiger charge is 2.51. The quantitative estimate of drug-likeness (QED) is 0.462. The zero-order valence-electron chi connectivity index (χ0n) is 18.7. The van der Waals surface area contributed by atoms with Gasteiger partial charge in [0, 0.05) is 0 Å². The molecule has 0 unspecified atom stereocenters. The summed E-state index contributed by atoms with van der Waals surface area (Å²) in [5.41, 5.74) is 2.98. The molecule has 29 heavy (non-hydrogen) atoms. The standard InChI is InChI=1S/C25H33BO2Si/c1-20(29(6,7)19-22-11-9-8-10-12-22)13-14-21-15-17-23(18-16-21)26-27-24(2,3)25(4,5)28-26/h8-18H,1,19H2,2-7H3/b14-13-. The minimum atomic E-state index is -1.59. The summed E-state index contributed by atoms with van der Waals surface area (Å²) in [5.74, 6) is 0. The lowest BCUT2D eigenvalue weighted by molar-refractivity contribution is 0.00578. The summed E-state index contributed by atoms with van der Waals surface area (Å²) in [6.45, 7) is 17.5. The molecule has 0 atom stereocenters. The van der Waals surface area contributed by atoms with E-state index in [1.54, 1.807) is 0 Å². The van der Waals surface area contributed by atoms with Gasteiger partial charge in [-0.25, -0.2) is 0 Å². The van der Waals surface area contributed by atoms with Gasteiger partial charge < -0.3 is 9.31 Å². The van der Waals surface area contributed by atoms with Gasteiger partial charge in [0.2, 0.25) is 0 Å². The molecule has 0 spiro atoms. The summed E-state index contributed by atoms with van der Waals surface area (Å²) in [7, 11) is -1.90. The molecule has 1 aliphatic rings. The Morgan fingerprint density at radius 3 is 2.03 bits per heavy atom. The average Bonchev–Trinajstić information content (AvgIpc) is 2.88. The molecule has 0 aliphatic carbocycles. The molecule has 0 N–H and O–H groups in total. The van der Waals surface area contributed by atoms with E-state index < -0.39 is 8.07 Å². The van der Waals surface area contributed by atoms with Crippen molar-refractivity contribution >= 4 is 26.7 Å². The second kappa shape index (κ2) is 8.10. The Kier molecular flexibility index (Phi) is 6.09. The Balaban J connectivity index is 1.65. The lowest BCUT2D eigenvalue weighted by Crippen LogP contribution is -2.41. The first-order valence-corrected chi connectivity index (χ1v) is 13.6. The molecule has 1 fully saturated rings. The smallest absolute Gasteiger partial charge is 0.399 e. The molecule has 152 valence electrons. The maximum atomic E-state index is 6.14. The lowest BCUT2D eigenvalue weighted by Gasteiger charge is -2.32. The lowest BCUT2D eigenvalue weighted by atomic mass is 9.79. The van der Waals surface area contributed by atoms with Crippen LogP contribution in [0.1, 0.15) is 38.8 Å². The van der Waals surface area contributed by atoms with Crippen LogP contribution in [0.15, 0.2) is 72.4 Å². The van der Waals surface area contributed by atoms with Crippen LogP contribution in [0.2, 0.25) is 13.1 Å². The van der Waals surface area contributed by atoms with Gasteiger partial charge in [0.1, 0.15) is 0 Å². The van der Waals surface area contributed by atoms with E-state index in [-0.39, 0.29) is 18.3 Å². The van der Waals surface area contributed by atoms with Gasteiger partial charge in [0.15, 0.2) is 0 Å². The summed E-state index contributed by atoms with van der Waals surface area (Å²) in [5, 5.41) is 1.26. The second-order valence-electron chi connectivity index (χ2n) is 9.66. The second-order valence-corrected chi connectivity index (χ2v) is 14.4. The predicted octanol–water partition coefficient (Wildman–Crippen LogP) is 5.58. The van der Waals surface area contributed by atoms with E-state index in [2.05, 4.69) is 114 Å². The van der Waals surface area contributed by atoms with Crippen LogP contribution < -0.4 is 5.46 Å². The SMILES string of the molecule is C=C(/C=C\c1ccc(B2OC(C)(C)C(C)(C)O2)cc1)[Si](C)(C)Cc1ccccc1. The fourth-order valence-corrected chi connectivity index (χ4v) is 5.40. The number of benzene rings is 2. The fraction of sp³-hybridized carbons (Fsp3) is 0.360. The third-order valence-corrected chi connectivity index (χ3v) is 9.49. The molecule has 0 bridgehead atoms. The molecule has 3 rings (SSSR count). The van der Waals surface area contributed by atoms with E-state index in [0.29, 0.717) is 0 Å².